The molecule has 2 aromatic rings. The van der Waals surface area contributed by atoms with E-state index >= 15 is 0 Å². The predicted octanol–water partition coefficient (Wildman–Crippen LogP) is 2.61. The zero-order valence-electron chi connectivity index (χ0n) is 15.3. The Labute approximate surface area is 162 Å². The van der Waals surface area contributed by atoms with Crippen LogP contribution in [0.1, 0.15) is 39.1 Å². The van der Waals surface area contributed by atoms with Gasteiger partial charge in [-0.05, 0) is 48.7 Å². The first-order valence-electron chi connectivity index (χ1n) is 9.22. The van der Waals surface area contributed by atoms with Crippen molar-refractivity contribution in [2.75, 3.05) is 25.0 Å². The third kappa shape index (κ3) is 3.83. The monoisotopic (exact) mass is 380 g/mol. The molecular formula is C21H20N2O5. The number of amides is 2. The normalized spacial score (nSPS) is 15.4. The number of nitrogens with zero attached hydrogens (tertiary/aromatic N) is 1. The Bertz CT molecular complexity index is 917. The van der Waals surface area contributed by atoms with Gasteiger partial charge in [0.2, 0.25) is 0 Å². The van der Waals surface area contributed by atoms with Crippen LogP contribution in [0.2, 0.25) is 0 Å². The van der Waals surface area contributed by atoms with Crippen molar-refractivity contribution in [2.24, 2.45) is 0 Å². The second-order valence-electron chi connectivity index (χ2n) is 6.82. The van der Waals surface area contributed by atoms with E-state index in [0.717, 1.165) is 31.5 Å². The number of carbonyl (C=O) groups is 3. The Hall–Kier alpha value is -3.35. The van der Waals surface area contributed by atoms with E-state index in [1.807, 2.05) is 4.90 Å². The smallest absolute Gasteiger partial charge is 0.338 e. The Morgan fingerprint density at radius 3 is 2.50 bits per heavy atom. The summed E-state index contributed by atoms with van der Waals surface area (Å²) in [5, 5.41) is 2.67. The first kappa shape index (κ1) is 18.0. The minimum absolute atomic E-state index is 0.0437. The third-order valence-electron chi connectivity index (χ3n) is 4.81. The van der Waals surface area contributed by atoms with Crippen LogP contribution in [0.5, 0.6) is 5.75 Å². The minimum atomic E-state index is -0.486. The molecule has 0 aliphatic carbocycles. The van der Waals surface area contributed by atoms with Crippen molar-refractivity contribution in [3.05, 3.63) is 59.2 Å². The molecule has 0 aromatic heterocycles. The molecule has 0 unspecified atom stereocenters. The van der Waals surface area contributed by atoms with Gasteiger partial charge in [-0.2, -0.15) is 0 Å². The van der Waals surface area contributed by atoms with Crippen LogP contribution in [0.15, 0.2) is 42.5 Å². The molecule has 1 fully saturated rings. The highest BCUT2D eigenvalue weighted by Crippen LogP contribution is 2.28. The fourth-order valence-corrected chi connectivity index (χ4v) is 3.28. The van der Waals surface area contributed by atoms with Gasteiger partial charge < -0.3 is 19.7 Å². The van der Waals surface area contributed by atoms with Crippen LogP contribution in [0.4, 0.5) is 5.69 Å². The van der Waals surface area contributed by atoms with Crippen LogP contribution < -0.4 is 10.1 Å². The molecule has 0 saturated carbocycles. The molecule has 0 spiro atoms. The molecule has 4 rings (SSSR count). The molecule has 28 heavy (non-hydrogen) atoms. The maximum Gasteiger partial charge on any atom is 0.338 e. The number of hydrogen-bond acceptors (Lipinski definition) is 5. The molecule has 2 aliphatic rings. The van der Waals surface area contributed by atoms with Crippen LogP contribution in [0, 0.1) is 0 Å². The van der Waals surface area contributed by atoms with Gasteiger partial charge in [0.15, 0.2) is 6.61 Å². The zero-order chi connectivity index (χ0) is 19.5. The second kappa shape index (κ2) is 7.72. The van der Waals surface area contributed by atoms with Crippen LogP contribution in [-0.4, -0.2) is 42.4 Å². The van der Waals surface area contributed by atoms with Gasteiger partial charge in [0.05, 0.1) is 11.3 Å². The van der Waals surface area contributed by atoms with Gasteiger partial charge >= 0.3 is 5.97 Å². The summed E-state index contributed by atoms with van der Waals surface area (Å²) in [5.41, 5.74) is 2.32. The SMILES string of the molecule is O=C1COc2cc(C(=O)OCc3ccc(C(=O)N4CCCC4)cc3)ccc2N1. The number of fused-ring (bicyclic) bond motifs is 1. The fourth-order valence-electron chi connectivity index (χ4n) is 3.28. The summed E-state index contributed by atoms with van der Waals surface area (Å²) in [6.07, 6.45) is 2.11. The average Bonchev–Trinajstić information content (AvgIpc) is 3.26. The lowest BCUT2D eigenvalue weighted by molar-refractivity contribution is -0.118. The molecule has 7 heteroatoms. The minimum Gasteiger partial charge on any atom is -0.482 e. The van der Waals surface area contributed by atoms with E-state index < -0.39 is 5.97 Å². The second-order valence-corrected chi connectivity index (χ2v) is 6.82. The number of likely N-dealkylation sites (tertiary alicyclic amines) is 1. The van der Waals surface area contributed by atoms with Crippen molar-refractivity contribution in [1.82, 2.24) is 4.90 Å². The van der Waals surface area contributed by atoms with E-state index in [0.29, 0.717) is 22.6 Å². The first-order chi connectivity index (χ1) is 13.6. The standard InChI is InChI=1S/C21H20N2O5/c24-19-13-27-18-11-16(7-8-17(18)22-19)21(26)28-12-14-3-5-15(6-4-14)20(25)23-9-1-2-10-23/h3-8,11H,1-2,9-10,12-13H2,(H,22,24). The van der Waals surface area contributed by atoms with Crippen LogP contribution in [0.25, 0.3) is 0 Å². The number of ether oxygens (including phenoxy) is 2. The van der Waals surface area contributed by atoms with E-state index in [1.165, 1.54) is 0 Å². The molecule has 7 nitrogen and oxygen atoms in total. The molecule has 0 atom stereocenters. The largest absolute Gasteiger partial charge is 0.482 e. The summed E-state index contributed by atoms with van der Waals surface area (Å²) < 4.78 is 10.7. The summed E-state index contributed by atoms with van der Waals surface area (Å²) in [6, 6.07) is 11.9. The quantitative estimate of drug-likeness (QED) is 0.824. The van der Waals surface area contributed by atoms with Crippen LogP contribution >= 0.6 is 0 Å². The Kier molecular flexibility index (Phi) is 4.97. The molecule has 1 N–H and O–H groups in total. The molecule has 0 radical (unpaired) electrons. The molecule has 144 valence electrons. The van der Waals surface area contributed by atoms with Crippen molar-refractivity contribution in [2.45, 2.75) is 19.4 Å². The Morgan fingerprint density at radius 2 is 1.75 bits per heavy atom. The number of esters is 1. The summed E-state index contributed by atoms with van der Waals surface area (Å²) in [6.45, 7) is 1.65. The van der Waals surface area contributed by atoms with Crippen molar-refractivity contribution in [3.8, 4) is 5.75 Å². The zero-order valence-corrected chi connectivity index (χ0v) is 15.3. The van der Waals surface area contributed by atoms with Gasteiger partial charge in [-0.25, -0.2) is 4.79 Å². The number of anilines is 1. The van der Waals surface area contributed by atoms with Gasteiger partial charge in [-0.15, -0.1) is 0 Å². The summed E-state index contributed by atoms with van der Waals surface area (Å²) in [4.78, 5) is 37.8. The van der Waals surface area contributed by atoms with E-state index in [-0.39, 0.29) is 25.0 Å². The predicted molar refractivity (Wildman–Crippen MR) is 101 cm³/mol. The highest BCUT2D eigenvalue weighted by Gasteiger charge is 2.20. The summed E-state index contributed by atoms with van der Waals surface area (Å²) in [7, 11) is 0. The van der Waals surface area contributed by atoms with Crippen LogP contribution in [0.3, 0.4) is 0 Å². The molecule has 1 saturated heterocycles. The number of hydrogen-bond donors (Lipinski definition) is 1. The summed E-state index contributed by atoms with van der Waals surface area (Å²) >= 11 is 0. The van der Waals surface area contributed by atoms with Crippen molar-refractivity contribution in [1.29, 1.82) is 0 Å². The van der Waals surface area contributed by atoms with Crippen molar-refractivity contribution >= 4 is 23.5 Å². The Morgan fingerprint density at radius 1 is 1.04 bits per heavy atom. The molecule has 0 bridgehead atoms. The van der Waals surface area contributed by atoms with Gasteiger partial charge in [0.1, 0.15) is 12.4 Å². The third-order valence-corrected chi connectivity index (χ3v) is 4.81. The molecule has 2 amide bonds. The molecule has 2 aromatic carbocycles. The molecular weight excluding hydrogens is 360 g/mol. The van der Waals surface area contributed by atoms with Crippen LogP contribution in [-0.2, 0) is 16.1 Å². The average molecular weight is 380 g/mol. The highest BCUT2D eigenvalue weighted by molar-refractivity contribution is 5.97. The van der Waals surface area contributed by atoms with Gasteiger partial charge in [0.25, 0.3) is 11.8 Å². The number of carbonyl (C=O) groups excluding carboxylic acids is 3. The van der Waals surface area contributed by atoms with Crippen molar-refractivity contribution in [3.63, 3.8) is 0 Å². The van der Waals surface area contributed by atoms with Gasteiger partial charge in [0, 0.05) is 18.7 Å². The highest BCUT2D eigenvalue weighted by atomic mass is 16.5. The maximum absolute atomic E-state index is 12.3. The van der Waals surface area contributed by atoms with E-state index in [1.54, 1.807) is 42.5 Å². The van der Waals surface area contributed by atoms with Crippen molar-refractivity contribution < 1.29 is 23.9 Å². The first-order valence-corrected chi connectivity index (χ1v) is 9.22. The lowest BCUT2D eigenvalue weighted by Gasteiger charge is -2.18. The van der Waals surface area contributed by atoms with E-state index in [4.69, 9.17) is 9.47 Å². The lowest BCUT2D eigenvalue weighted by Crippen LogP contribution is -2.27. The topological polar surface area (TPSA) is 84.9 Å². The fraction of sp³-hybridized carbons (Fsp3) is 0.286. The van der Waals surface area contributed by atoms with E-state index in [2.05, 4.69) is 5.32 Å². The number of benzene rings is 2. The Balaban J connectivity index is 1.36. The summed E-state index contributed by atoms with van der Waals surface area (Å²) in [5.74, 6) is -0.226. The van der Waals surface area contributed by atoms with E-state index in [9.17, 15) is 14.4 Å². The number of rotatable bonds is 4. The molecule has 2 aliphatic heterocycles. The molecule has 2 heterocycles. The van der Waals surface area contributed by atoms with Gasteiger partial charge in [-0.1, -0.05) is 12.1 Å². The lowest BCUT2D eigenvalue weighted by atomic mass is 10.1. The number of nitrogens with one attached hydrogen (secondary N) is 1. The van der Waals surface area contributed by atoms with Gasteiger partial charge in [-0.3, -0.25) is 9.59 Å². The maximum atomic E-state index is 12.3.